The van der Waals surface area contributed by atoms with Crippen LogP contribution in [0.3, 0.4) is 0 Å². The average molecular weight is 778 g/mol. The molecule has 1 amide bonds. The molecule has 0 bridgehead atoms. The van der Waals surface area contributed by atoms with Crippen LogP contribution in [0.15, 0.2) is 12.2 Å². The second-order valence-electron chi connectivity index (χ2n) is 16.8. The minimum atomic E-state index is -0.844. The zero-order valence-corrected chi connectivity index (χ0v) is 36.9. The molecule has 6 nitrogen and oxygen atoms in total. The van der Waals surface area contributed by atoms with Crippen LogP contribution in [0.5, 0.6) is 0 Å². The van der Waals surface area contributed by atoms with Crippen molar-refractivity contribution in [2.45, 2.75) is 276 Å². The molecule has 0 aromatic rings. The molecule has 55 heavy (non-hydrogen) atoms. The smallest absolute Gasteiger partial charge is 0.305 e. The Bertz CT molecular complexity index is 817. The molecule has 6 heteroatoms. The summed E-state index contributed by atoms with van der Waals surface area (Å²) in [6.07, 6.45) is 50.7. The first-order valence-corrected chi connectivity index (χ1v) is 24.5. The zero-order valence-electron chi connectivity index (χ0n) is 36.9. The van der Waals surface area contributed by atoms with Crippen molar-refractivity contribution in [3.63, 3.8) is 0 Å². The second kappa shape index (κ2) is 45.3. The summed E-state index contributed by atoms with van der Waals surface area (Å²) in [4.78, 5) is 24.3. The predicted octanol–water partition coefficient (Wildman–Crippen LogP) is 14.2. The zero-order chi connectivity index (χ0) is 40.1. The maximum absolute atomic E-state index is 12.3. The number of nitrogens with one attached hydrogen (secondary N) is 1. The molecule has 0 aromatic heterocycles. The molecule has 0 spiro atoms. The van der Waals surface area contributed by atoms with E-state index in [0.29, 0.717) is 19.4 Å². The third kappa shape index (κ3) is 42.0. The lowest BCUT2D eigenvalue weighted by Gasteiger charge is -2.20. The number of esters is 1. The Balaban J connectivity index is 3.41. The highest BCUT2D eigenvalue weighted by molar-refractivity contribution is 5.76. The van der Waals surface area contributed by atoms with Crippen LogP contribution in [0.25, 0.3) is 0 Å². The van der Waals surface area contributed by atoms with Crippen LogP contribution < -0.4 is 5.32 Å². The third-order valence-corrected chi connectivity index (χ3v) is 11.3. The molecule has 326 valence electrons. The van der Waals surface area contributed by atoms with E-state index in [9.17, 15) is 19.8 Å². The summed E-state index contributed by atoms with van der Waals surface area (Å²) in [5.41, 5.74) is 0. The number of carbonyl (C=O) groups excluding carboxylic acids is 2. The summed E-state index contributed by atoms with van der Waals surface area (Å²) in [5, 5.41) is 22.9. The Kier molecular flexibility index (Phi) is 44.2. The molecule has 0 aliphatic rings. The first-order chi connectivity index (χ1) is 27.0. The van der Waals surface area contributed by atoms with E-state index < -0.39 is 12.1 Å². The maximum Gasteiger partial charge on any atom is 0.305 e. The number of aliphatic hydroxyl groups is 2. The molecule has 3 N–H and O–H groups in total. The Morgan fingerprint density at radius 1 is 0.491 bits per heavy atom. The number of carbonyl (C=O) groups is 2. The summed E-state index contributed by atoms with van der Waals surface area (Å²) in [5.74, 6) is -0.0711. The number of aliphatic hydroxyl groups excluding tert-OH is 2. The van der Waals surface area contributed by atoms with E-state index in [-0.39, 0.29) is 18.5 Å². The largest absolute Gasteiger partial charge is 0.466 e. The van der Waals surface area contributed by atoms with Crippen molar-refractivity contribution in [1.82, 2.24) is 5.32 Å². The van der Waals surface area contributed by atoms with Gasteiger partial charge in [0, 0.05) is 12.8 Å². The van der Waals surface area contributed by atoms with Gasteiger partial charge >= 0.3 is 5.97 Å². The van der Waals surface area contributed by atoms with Gasteiger partial charge in [-0.3, -0.25) is 9.59 Å². The summed E-state index contributed by atoms with van der Waals surface area (Å²) in [6.45, 7) is 4.86. The molecular formula is C49H95NO5. The lowest BCUT2D eigenvalue weighted by atomic mass is 10.0. The van der Waals surface area contributed by atoms with Gasteiger partial charge in [0.1, 0.15) is 0 Å². The monoisotopic (exact) mass is 778 g/mol. The molecule has 0 heterocycles. The van der Waals surface area contributed by atoms with Gasteiger partial charge in [-0.15, -0.1) is 0 Å². The van der Waals surface area contributed by atoms with Gasteiger partial charge in [0.05, 0.1) is 25.4 Å². The highest BCUT2D eigenvalue weighted by Gasteiger charge is 2.18. The van der Waals surface area contributed by atoms with Crippen LogP contribution in [0, 0.1) is 0 Å². The summed E-state index contributed by atoms with van der Waals surface area (Å²) in [7, 11) is 0. The van der Waals surface area contributed by atoms with Gasteiger partial charge in [-0.1, -0.05) is 231 Å². The molecule has 2 atom stereocenters. The van der Waals surface area contributed by atoms with Gasteiger partial charge in [0.2, 0.25) is 5.91 Å². The minimum Gasteiger partial charge on any atom is -0.466 e. The van der Waals surface area contributed by atoms with Crippen LogP contribution in [0.4, 0.5) is 0 Å². The fourth-order valence-corrected chi connectivity index (χ4v) is 7.51. The summed E-state index contributed by atoms with van der Waals surface area (Å²) in [6, 6.07) is -0.628. The summed E-state index contributed by atoms with van der Waals surface area (Å²) < 4.78 is 5.45. The fourth-order valence-electron chi connectivity index (χ4n) is 7.51. The highest BCUT2D eigenvalue weighted by Crippen LogP contribution is 2.16. The van der Waals surface area contributed by atoms with Crippen LogP contribution in [0.1, 0.15) is 264 Å². The number of hydrogen-bond acceptors (Lipinski definition) is 5. The van der Waals surface area contributed by atoms with Crippen molar-refractivity contribution in [3.8, 4) is 0 Å². The normalized spacial score (nSPS) is 12.7. The highest BCUT2D eigenvalue weighted by atomic mass is 16.5. The van der Waals surface area contributed by atoms with Gasteiger partial charge in [-0.05, 0) is 32.1 Å². The summed E-state index contributed by atoms with van der Waals surface area (Å²) >= 11 is 0. The van der Waals surface area contributed by atoms with Crippen molar-refractivity contribution < 1.29 is 24.5 Å². The molecule has 0 saturated heterocycles. The van der Waals surface area contributed by atoms with Crippen molar-refractivity contribution >= 4 is 11.9 Å². The maximum atomic E-state index is 12.3. The lowest BCUT2D eigenvalue weighted by molar-refractivity contribution is -0.143. The van der Waals surface area contributed by atoms with Crippen molar-refractivity contribution in [1.29, 1.82) is 0 Å². The van der Waals surface area contributed by atoms with Crippen molar-refractivity contribution in [2.24, 2.45) is 0 Å². The van der Waals surface area contributed by atoms with Crippen LogP contribution >= 0.6 is 0 Å². The van der Waals surface area contributed by atoms with Gasteiger partial charge in [0.15, 0.2) is 0 Å². The van der Waals surface area contributed by atoms with E-state index >= 15 is 0 Å². The number of hydrogen-bond donors (Lipinski definition) is 3. The third-order valence-electron chi connectivity index (χ3n) is 11.3. The minimum absolute atomic E-state index is 0.00465. The van der Waals surface area contributed by atoms with E-state index in [2.05, 4.69) is 19.2 Å². The Morgan fingerprint density at radius 3 is 1.24 bits per heavy atom. The number of ether oxygens (including phenoxy) is 1. The number of allylic oxidation sites excluding steroid dienone is 1. The molecule has 0 aliphatic heterocycles. The van der Waals surface area contributed by atoms with Crippen LogP contribution in [-0.2, 0) is 14.3 Å². The number of unbranched alkanes of at least 4 members (excludes halogenated alkanes) is 34. The van der Waals surface area contributed by atoms with Gasteiger partial charge in [0.25, 0.3) is 0 Å². The van der Waals surface area contributed by atoms with E-state index in [0.717, 1.165) is 44.9 Å². The average Bonchev–Trinajstić information content (AvgIpc) is 3.18. The van der Waals surface area contributed by atoms with E-state index in [1.807, 2.05) is 6.08 Å². The molecule has 0 aromatic carbocycles. The SMILES string of the molecule is CCCCCCCCC/C=C/C(O)C(CO)NC(=O)CCCCCCCCCCCCCCCCCCCOC(=O)CCCCCCCCCCCCCC. The topological polar surface area (TPSA) is 95.9 Å². The van der Waals surface area contributed by atoms with E-state index in [1.165, 1.54) is 193 Å². The Hall–Kier alpha value is -1.40. The van der Waals surface area contributed by atoms with E-state index in [1.54, 1.807) is 6.08 Å². The predicted molar refractivity (Wildman–Crippen MR) is 237 cm³/mol. The molecule has 2 unspecified atom stereocenters. The van der Waals surface area contributed by atoms with Crippen molar-refractivity contribution in [3.05, 3.63) is 12.2 Å². The van der Waals surface area contributed by atoms with E-state index in [4.69, 9.17) is 4.74 Å². The lowest BCUT2D eigenvalue weighted by Crippen LogP contribution is -2.45. The second-order valence-corrected chi connectivity index (χ2v) is 16.8. The molecule has 0 saturated carbocycles. The molecular weight excluding hydrogens is 683 g/mol. The first kappa shape index (κ1) is 53.6. The van der Waals surface area contributed by atoms with Crippen LogP contribution in [-0.4, -0.2) is 47.4 Å². The Morgan fingerprint density at radius 2 is 0.836 bits per heavy atom. The van der Waals surface area contributed by atoms with Crippen LogP contribution in [0.2, 0.25) is 0 Å². The molecule has 0 radical (unpaired) electrons. The quantitative estimate of drug-likeness (QED) is 0.0325. The molecule has 0 fully saturated rings. The molecule has 0 rings (SSSR count). The van der Waals surface area contributed by atoms with Gasteiger partial charge in [-0.2, -0.15) is 0 Å². The standard InChI is InChI=1S/C49H95NO5/c1-3-5-7-9-11-13-14-23-27-31-35-39-43-49(54)55-44-40-36-32-28-24-21-19-17-15-16-18-20-22-26-30-34-38-42-48(53)50-46(45-51)47(52)41-37-33-29-25-12-10-8-6-4-2/h37,41,46-47,51-52H,3-36,38-40,42-45H2,1-2H3,(H,50,53)/b41-37+. The fraction of sp³-hybridized carbons (Fsp3) is 0.918. The first-order valence-electron chi connectivity index (χ1n) is 24.5. The van der Waals surface area contributed by atoms with Gasteiger partial charge in [-0.25, -0.2) is 0 Å². The number of rotatable bonds is 45. The van der Waals surface area contributed by atoms with Crippen molar-refractivity contribution in [2.75, 3.05) is 13.2 Å². The Labute approximate surface area is 342 Å². The molecule has 0 aliphatic carbocycles. The van der Waals surface area contributed by atoms with Gasteiger partial charge < -0.3 is 20.3 Å². The number of amides is 1.